The lowest BCUT2D eigenvalue weighted by molar-refractivity contribution is -0.142. The van der Waals surface area contributed by atoms with Crippen LogP contribution in [0.3, 0.4) is 0 Å². The molecular weight excluding hydrogens is 268 g/mol. The zero-order chi connectivity index (χ0) is 15.4. The molecule has 0 N–H and O–H groups in total. The maximum atomic E-state index is 11.5. The number of benzene rings is 1. The van der Waals surface area contributed by atoms with Crippen molar-refractivity contribution in [2.75, 3.05) is 0 Å². The van der Waals surface area contributed by atoms with E-state index in [-0.39, 0.29) is 18.2 Å². The van der Waals surface area contributed by atoms with Crippen molar-refractivity contribution >= 4 is 12.3 Å². The number of aldehydes is 1. The maximum Gasteiger partial charge on any atom is 0.331 e. The van der Waals surface area contributed by atoms with Crippen molar-refractivity contribution in [3.63, 3.8) is 0 Å². The Labute approximate surface area is 124 Å². The van der Waals surface area contributed by atoms with Crippen molar-refractivity contribution in [2.24, 2.45) is 0 Å². The molecule has 0 bridgehead atoms. The van der Waals surface area contributed by atoms with E-state index < -0.39 is 0 Å². The van der Waals surface area contributed by atoms with Crippen LogP contribution in [-0.2, 0) is 20.7 Å². The second-order valence-corrected chi connectivity index (χ2v) is 4.95. The van der Waals surface area contributed by atoms with Gasteiger partial charge in [0.2, 0.25) is 0 Å². The number of rotatable bonds is 5. The summed E-state index contributed by atoms with van der Waals surface area (Å²) in [7, 11) is 0. The topological polar surface area (TPSA) is 52.6 Å². The zero-order valence-corrected chi connectivity index (χ0v) is 12.2. The van der Waals surface area contributed by atoms with Crippen LogP contribution in [0.2, 0.25) is 0 Å². The smallest absolute Gasteiger partial charge is 0.331 e. The first-order valence-electron chi connectivity index (χ1n) is 6.82. The average Bonchev–Trinajstić information content (AvgIpc) is 2.89. The van der Waals surface area contributed by atoms with Gasteiger partial charge in [-0.2, -0.15) is 0 Å². The van der Waals surface area contributed by atoms with Crippen molar-refractivity contribution in [3.8, 4) is 5.75 Å². The lowest BCUT2D eigenvalue weighted by Crippen LogP contribution is -2.16. The van der Waals surface area contributed by atoms with Gasteiger partial charge < -0.3 is 9.47 Å². The summed E-state index contributed by atoms with van der Waals surface area (Å²) in [6.07, 6.45) is 3.72. The molecule has 0 unspecified atom stereocenters. The minimum absolute atomic E-state index is 0.298. The van der Waals surface area contributed by atoms with Gasteiger partial charge in [0.25, 0.3) is 0 Å². The molecule has 0 radical (unpaired) electrons. The third kappa shape index (κ3) is 3.40. The van der Waals surface area contributed by atoms with Gasteiger partial charge in [-0.1, -0.05) is 18.7 Å². The first-order valence-corrected chi connectivity index (χ1v) is 6.82. The van der Waals surface area contributed by atoms with Gasteiger partial charge in [-0.25, -0.2) is 4.79 Å². The highest BCUT2D eigenvalue weighted by Gasteiger charge is 2.26. The monoisotopic (exact) mass is 286 g/mol. The molecule has 0 fully saturated rings. The van der Waals surface area contributed by atoms with E-state index in [1.807, 2.05) is 25.1 Å². The Morgan fingerprint density at radius 1 is 1.52 bits per heavy atom. The van der Waals surface area contributed by atoms with E-state index in [0.29, 0.717) is 12.0 Å². The molecule has 1 aliphatic rings. The molecule has 4 nitrogen and oxygen atoms in total. The highest BCUT2D eigenvalue weighted by Crippen LogP contribution is 2.33. The fourth-order valence-corrected chi connectivity index (χ4v) is 2.22. The second kappa shape index (κ2) is 6.39. The van der Waals surface area contributed by atoms with Gasteiger partial charge in [0.1, 0.15) is 24.2 Å². The third-order valence-electron chi connectivity index (χ3n) is 3.39. The van der Waals surface area contributed by atoms with Crippen LogP contribution in [0.15, 0.2) is 42.5 Å². The minimum atomic E-state index is -0.367. The number of ether oxygens (including phenoxy) is 2. The molecule has 0 spiro atoms. The Bertz CT molecular complexity index is 601. The van der Waals surface area contributed by atoms with Gasteiger partial charge in [-0.15, -0.1) is 0 Å². The molecule has 0 aliphatic carbocycles. The second-order valence-electron chi connectivity index (χ2n) is 4.95. The lowest BCUT2D eigenvalue weighted by atomic mass is 10.0. The lowest BCUT2D eigenvalue weighted by Gasteiger charge is -2.13. The molecule has 0 saturated heterocycles. The van der Waals surface area contributed by atoms with Gasteiger partial charge in [-0.05, 0) is 37.1 Å². The molecule has 0 aromatic heterocycles. The zero-order valence-electron chi connectivity index (χ0n) is 12.2. The van der Waals surface area contributed by atoms with Crippen molar-refractivity contribution in [3.05, 3.63) is 53.6 Å². The number of allylic oxidation sites excluding steroid dienone is 1. The summed E-state index contributed by atoms with van der Waals surface area (Å²) in [5.74, 6) is 0.382. The number of hydrogen-bond acceptors (Lipinski definition) is 4. The predicted octanol–water partition coefficient (Wildman–Crippen LogP) is 2.93. The Morgan fingerprint density at radius 2 is 2.29 bits per heavy atom. The van der Waals surface area contributed by atoms with Crippen LogP contribution in [0.25, 0.3) is 0 Å². The number of carbonyl (C=O) groups excluding carboxylic acids is 2. The van der Waals surface area contributed by atoms with Crippen LogP contribution >= 0.6 is 0 Å². The van der Waals surface area contributed by atoms with Crippen LogP contribution in [0.4, 0.5) is 0 Å². The summed E-state index contributed by atoms with van der Waals surface area (Å²) in [6, 6.07) is 5.64. The van der Waals surface area contributed by atoms with Crippen LogP contribution in [0, 0.1) is 0 Å². The summed E-state index contributed by atoms with van der Waals surface area (Å²) >= 11 is 0. The number of hydrogen-bond donors (Lipinski definition) is 0. The molecule has 2 atom stereocenters. The van der Waals surface area contributed by atoms with Crippen LogP contribution in [-0.4, -0.2) is 18.4 Å². The Balaban J connectivity index is 2.11. The summed E-state index contributed by atoms with van der Waals surface area (Å²) in [5.41, 5.74) is 2.32. The van der Waals surface area contributed by atoms with Gasteiger partial charge in [0.05, 0.1) is 0 Å². The highest BCUT2D eigenvalue weighted by atomic mass is 16.5. The SMILES string of the molecule is C=C(C=O)[C@@H]1Cc2cc([C@H](C)OC(=O)C=CC)ccc2O1. The highest BCUT2D eigenvalue weighted by molar-refractivity contribution is 5.82. The van der Waals surface area contributed by atoms with Crippen molar-refractivity contribution in [1.29, 1.82) is 0 Å². The molecule has 1 heterocycles. The van der Waals surface area contributed by atoms with Crippen molar-refractivity contribution < 1.29 is 19.1 Å². The van der Waals surface area contributed by atoms with Gasteiger partial charge in [0.15, 0.2) is 0 Å². The fraction of sp³-hybridized carbons (Fsp3) is 0.294. The largest absolute Gasteiger partial charge is 0.485 e. The molecular formula is C17H18O4. The Kier molecular flexibility index (Phi) is 4.58. The molecule has 0 amide bonds. The number of carbonyl (C=O) groups is 2. The standard InChI is InChI=1S/C17H18O4/c1-4-5-17(19)20-12(3)13-6-7-15-14(8-13)9-16(21-15)11(2)10-18/h4-8,10,12,16H,2,9H2,1,3H3/t12-,16-/m0/s1. The van der Waals surface area contributed by atoms with Crippen molar-refractivity contribution in [2.45, 2.75) is 32.5 Å². The normalized spacial score (nSPS) is 17.9. The molecule has 4 heteroatoms. The van der Waals surface area contributed by atoms with Crippen LogP contribution in [0.5, 0.6) is 5.75 Å². The fourth-order valence-electron chi connectivity index (χ4n) is 2.22. The molecule has 1 aliphatic heterocycles. The van der Waals surface area contributed by atoms with E-state index in [1.165, 1.54) is 6.08 Å². The van der Waals surface area contributed by atoms with E-state index in [0.717, 1.165) is 23.2 Å². The molecule has 110 valence electrons. The first kappa shape index (κ1) is 15.0. The molecule has 2 rings (SSSR count). The number of esters is 1. The third-order valence-corrected chi connectivity index (χ3v) is 3.39. The Morgan fingerprint density at radius 3 is 2.95 bits per heavy atom. The van der Waals surface area contributed by atoms with Crippen molar-refractivity contribution in [1.82, 2.24) is 0 Å². The summed E-state index contributed by atoms with van der Waals surface area (Å²) in [5, 5.41) is 0. The Hall–Kier alpha value is -2.36. The molecule has 1 aromatic rings. The van der Waals surface area contributed by atoms with E-state index in [1.54, 1.807) is 13.0 Å². The van der Waals surface area contributed by atoms with Crippen LogP contribution < -0.4 is 4.74 Å². The van der Waals surface area contributed by atoms with Gasteiger partial charge >= 0.3 is 5.97 Å². The van der Waals surface area contributed by atoms with Gasteiger partial charge in [0, 0.05) is 18.1 Å². The maximum absolute atomic E-state index is 11.5. The average molecular weight is 286 g/mol. The quantitative estimate of drug-likeness (QED) is 0.474. The molecule has 0 saturated carbocycles. The van der Waals surface area contributed by atoms with E-state index in [9.17, 15) is 9.59 Å². The van der Waals surface area contributed by atoms with E-state index in [4.69, 9.17) is 9.47 Å². The van der Waals surface area contributed by atoms with E-state index >= 15 is 0 Å². The predicted molar refractivity (Wildman–Crippen MR) is 79.1 cm³/mol. The van der Waals surface area contributed by atoms with Gasteiger partial charge in [-0.3, -0.25) is 4.79 Å². The van der Waals surface area contributed by atoms with Crippen LogP contribution in [0.1, 0.15) is 31.1 Å². The molecule has 21 heavy (non-hydrogen) atoms. The minimum Gasteiger partial charge on any atom is -0.485 e. The number of fused-ring (bicyclic) bond motifs is 1. The molecule has 1 aromatic carbocycles. The first-order chi connectivity index (χ1) is 10.0. The summed E-state index contributed by atoms with van der Waals surface area (Å²) < 4.78 is 11.0. The summed E-state index contributed by atoms with van der Waals surface area (Å²) in [4.78, 5) is 22.2. The van der Waals surface area contributed by atoms with E-state index in [2.05, 4.69) is 6.58 Å². The summed E-state index contributed by atoms with van der Waals surface area (Å²) in [6.45, 7) is 7.27.